The first-order valence-electron chi connectivity index (χ1n) is 7.92. The van der Waals surface area contributed by atoms with E-state index in [1.54, 1.807) is 23.2 Å². The highest BCUT2D eigenvalue weighted by atomic mass is 35.5. The lowest BCUT2D eigenvalue weighted by atomic mass is 9.97. The number of aromatic nitrogens is 1. The van der Waals surface area contributed by atoms with Gasteiger partial charge in [0.05, 0.1) is 18.2 Å². The van der Waals surface area contributed by atoms with Crippen LogP contribution in [-0.2, 0) is 11.2 Å². The van der Waals surface area contributed by atoms with Gasteiger partial charge in [-0.05, 0) is 30.2 Å². The van der Waals surface area contributed by atoms with Crippen LogP contribution in [0.3, 0.4) is 0 Å². The van der Waals surface area contributed by atoms with Crippen LogP contribution in [0.25, 0.3) is 0 Å². The Morgan fingerprint density at radius 1 is 1.38 bits per heavy atom. The molecule has 1 aliphatic rings. The lowest BCUT2D eigenvalue weighted by molar-refractivity contribution is -0.120. The summed E-state index contributed by atoms with van der Waals surface area (Å²) >= 11 is 5.82. The largest absolute Gasteiger partial charge is 0.493 e. The highest BCUT2D eigenvalue weighted by molar-refractivity contribution is 6.30. The Morgan fingerprint density at radius 3 is 3.00 bits per heavy atom. The van der Waals surface area contributed by atoms with E-state index in [1.807, 2.05) is 25.2 Å². The number of nitrogens with one attached hydrogen (secondary N) is 1. The number of anilines is 1. The number of carbonyl (C=O) groups is 1. The van der Waals surface area contributed by atoms with Gasteiger partial charge in [-0.3, -0.25) is 4.79 Å². The number of hydrogen-bond acceptors (Lipinski definition) is 4. The Hall–Kier alpha value is -2.27. The Kier molecular flexibility index (Phi) is 5.20. The summed E-state index contributed by atoms with van der Waals surface area (Å²) in [6, 6.07) is 11.6. The highest BCUT2D eigenvalue weighted by Crippen LogP contribution is 2.26. The number of fused-ring (bicyclic) bond motifs is 1. The zero-order valence-corrected chi connectivity index (χ0v) is 14.3. The van der Waals surface area contributed by atoms with Crippen LogP contribution in [0, 0.1) is 5.92 Å². The molecule has 6 heteroatoms. The lowest BCUT2D eigenvalue weighted by Crippen LogP contribution is -2.40. The number of halogens is 1. The summed E-state index contributed by atoms with van der Waals surface area (Å²) in [6.07, 6.45) is 2.49. The third-order valence-corrected chi connectivity index (χ3v) is 4.25. The van der Waals surface area contributed by atoms with E-state index < -0.39 is 0 Å². The summed E-state index contributed by atoms with van der Waals surface area (Å²) in [4.78, 5) is 18.1. The van der Waals surface area contributed by atoms with Gasteiger partial charge >= 0.3 is 0 Å². The van der Waals surface area contributed by atoms with Crippen molar-refractivity contribution >= 4 is 23.3 Å². The molecule has 0 unspecified atom stereocenters. The zero-order chi connectivity index (χ0) is 16.9. The molecule has 126 valence electrons. The molecule has 5 nitrogen and oxygen atoms in total. The van der Waals surface area contributed by atoms with Crippen LogP contribution in [-0.4, -0.2) is 37.6 Å². The molecule has 1 aromatic carbocycles. The van der Waals surface area contributed by atoms with E-state index in [1.165, 1.54) is 5.56 Å². The molecule has 2 aromatic rings. The van der Waals surface area contributed by atoms with Crippen LogP contribution in [0.4, 0.5) is 5.82 Å². The fourth-order valence-electron chi connectivity index (χ4n) is 2.73. The van der Waals surface area contributed by atoms with Crippen LogP contribution in [0.5, 0.6) is 5.75 Å². The first-order chi connectivity index (χ1) is 11.6. The number of pyridine rings is 1. The third-order valence-electron chi connectivity index (χ3n) is 4.03. The summed E-state index contributed by atoms with van der Waals surface area (Å²) in [5.74, 6) is 1.93. The van der Waals surface area contributed by atoms with Crippen LogP contribution in [0.2, 0.25) is 5.02 Å². The summed E-state index contributed by atoms with van der Waals surface area (Å²) < 4.78 is 5.75. The van der Waals surface area contributed by atoms with Gasteiger partial charge in [0.25, 0.3) is 0 Å². The fraction of sp³-hybridized carbons (Fsp3) is 0.333. The van der Waals surface area contributed by atoms with Gasteiger partial charge in [-0.25, -0.2) is 4.98 Å². The lowest BCUT2D eigenvalue weighted by Gasteiger charge is -2.26. The number of nitrogens with zero attached hydrogens (tertiary/aromatic N) is 2. The molecule has 2 heterocycles. The highest BCUT2D eigenvalue weighted by Gasteiger charge is 2.20. The Balaban J connectivity index is 1.47. The van der Waals surface area contributed by atoms with Crippen LogP contribution >= 0.6 is 11.6 Å². The Bertz CT molecular complexity index is 706. The molecular formula is C18H20ClN3O2. The Morgan fingerprint density at radius 2 is 2.21 bits per heavy atom. The minimum atomic E-state index is -0.0342. The number of carbonyl (C=O) groups excluding carboxylic acids is 1. The van der Waals surface area contributed by atoms with Crippen molar-refractivity contribution in [3.05, 3.63) is 53.2 Å². The molecular weight excluding hydrogens is 326 g/mol. The first kappa shape index (κ1) is 16.6. The second kappa shape index (κ2) is 7.53. The molecule has 0 saturated heterocycles. The van der Waals surface area contributed by atoms with Gasteiger partial charge in [-0.1, -0.05) is 29.8 Å². The van der Waals surface area contributed by atoms with E-state index in [0.29, 0.717) is 29.9 Å². The number of rotatable bonds is 5. The maximum Gasteiger partial charge on any atom is 0.239 e. The van der Waals surface area contributed by atoms with Gasteiger partial charge in [-0.2, -0.15) is 0 Å². The molecule has 1 N–H and O–H groups in total. The van der Waals surface area contributed by atoms with Gasteiger partial charge in [0, 0.05) is 25.7 Å². The maximum absolute atomic E-state index is 12.1. The van der Waals surface area contributed by atoms with Crippen molar-refractivity contribution in [2.45, 2.75) is 6.42 Å². The van der Waals surface area contributed by atoms with Gasteiger partial charge in [0.2, 0.25) is 5.91 Å². The van der Waals surface area contributed by atoms with Crippen molar-refractivity contribution in [3.63, 3.8) is 0 Å². The molecule has 0 aliphatic carbocycles. The normalized spacial score (nSPS) is 16.0. The first-order valence-corrected chi connectivity index (χ1v) is 8.29. The molecule has 3 rings (SSSR count). The summed E-state index contributed by atoms with van der Waals surface area (Å²) in [5.41, 5.74) is 1.20. The average molecular weight is 346 g/mol. The third kappa shape index (κ3) is 4.17. The minimum Gasteiger partial charge on any atom is -0.493 e. The van der Waals surface area contributed by atoms with Crippen molar-refractivity contribution < 1.29 is 9.53 Å². The summed E-state index contributed by atoms with van der Waals surface area (Å²) in [6.45, 7) is 1.49. The number of likely N-dealkylation sites (N-methyl/N-ethyl adjacent to an activating group) is 1. The molecule has 0 saturated carbocycles. The number of ether oxygens (including phenoxy) is 1. The van der Waals surface area contributed by atoms with E-state index in [9.17, 15) is 4.79 Å². The van der Waals surface area contributed by atoms with Gasteiger partial charge < -0.3 is 15.0 Å². The van der Waals surface area contributed by atoms with Crippen molar-refractivity contribution in [2.24, 2.45) is 5.92 Å². The standard InChI is InChI=1S/C18H20ClN3O2/c1-22(17-7-6-15(19)10-20-17)11-18(23)21-9-13-8-14-4-2-3-5-16(14)24-12-13/h2-7,10,13H,8-9,11-12H2,1H3,(H,21,23)/t13-/m0/s1. The molecule has 1 aromatic heterocycles. The molecule has 24 heavy (non-hydrogen) atoms. The van der Waals surface area contributed by atoms with E-state index in [2.05, 4.69) is 16.4 Å². The molecule has 0 fully saturated rings. The second-order valence-corrected chi connectivity index (χ2v) is 6.42. The quantitative estimate of drug-likeness (QED) is 0.904. The predicted octanol–water partition coefficient (Wildman–Crippen LogP) is 2.54. The van der Waals surface area contributed by atoms with E-state index in [4.69, 9.17) is 16.3 Å². The van der Waals surface area contributed by atoms with Crippen LogP contribution in [0.1, 0.15) is 5.56 Å². The van der Waals surface area contributed by atoms with E-state index in [0.717, 1.165) is 12.2 Å². The topological polar surface area (TPSA) is 54.5 Å². The maximum atomic E-state index is 12.1. The number of hydrogen-bond donors (Lipinski definition) is 1. The van der Waals surface area contributed by atoms with Crippen molar-refractivity contribution in [3.8, 4) is 5.75 Å². The van der Waals surface area contributed by atoms with Crippen molar-refractivity contribution in [2.75, 3.05) is 31.6 Å². The second-order valence-electron chi connectivity index (χ2n) is 5.98. The number of benzene rings is 1. The molecule has 1 aliphatic heterocycles. The van der Waals surface area contributed by atoms with Crippen molar-refractivity contribution in [1.82, 2.24) is 10.3 Å². The van der Waals surface area contributed by atoms with Crippen molar-refractivity contribution in [1.29, 1.82) is 0 Å². The average Bonchev–Trinajstić information content (AvgIpc) is 2.60. The Labute approximate surface area is 146 Å². The summed E-state index contributed by atoms with van der Waals surface area (Å²) in [7, 11) is 1.83. The molecule has 0 spiro atoms. The minimum absolute atomic E-state index is 0.0342. The summed E-state index contributed by atoms with van der Waals surface area (Å²) in [5, 5.41) is 3.56. The van der Waals surface area contributed by atoms with Gasteiger partial charge in [0.15, 0.2) is 0 Å². The number of para-hydroxylation sites is 1. The zero-order valence-electron chi connectivity index (χ0n) is 13.5. The molecule has 0 bridgehead atoms. The van der Waals surface area contributed by atoms with E-state index in [-0.39, 0.29) is 12.5 Å². The monoisotopic (exact) mass is 345 g/mol. The fourth-order valence-corrected chi connectivity index (χ4v) is 2.84. The molecule has 0 radical (unpaired) electrons. The molecule has 1 amide bonds. The van der Waals surface area contributed by atoms with E-state index >= 15 is 0 Å². The van der Waals surface area contributed by atoms with Crippen LogP contribution in [0.15, 0.2) is 42.6 Å². The van der Waals surface area contributed by atoms with Gasteiger partial charge in [0.1, 0.15) is 11.6 Å². The predicted molar refractivity (Wildman–Crippen MR) is 94.7 cm³/mol. The van der Waals surface area contributed by atoms with Gasteiger partial charge in [-0.15, -0.1) is 0 Å². The molecule has 1 atom stereocenters. The number of amides is 1. The SMILES string of the molecule is CN(CC(=O)NC[C@H]1COc2ccccc2C1)c1ccc(Cl)cn1. The smallest absolute Gasteiger partial charge is 0.239 e. The van der Waals surface area contributed by atoms with Crippen LogP contribution < -0.4 is 15.0 Å².